The van der Waals surface area contributed by atoms with Crippen molar-refractivity contribution < 1.29 is 14.3 Å². The fourth-order valence-corrected chi connectivity index (χ4v) is 1.69. The Morgan fingerprint density at radius 2 is 2.00 bits per heavy atom. The summed E-state index contributed by atoms with van der Waals surface area (Å²) >= 11 is 0. The second-order valence-electron chi connectivity index (χ2n) is 4.49. The molecule has 18 heavy (non-hydrogen) atoms. The Bertz CT molecular complexity index is 540. The molecule has 1 aromatic heterocycles. The average Bonchev–Trinajstić information content (AvgIpc) is 2.76. The molecule has 0 saturated heterocycles. The van der Waals surface area contributed by atoms with Gasteiger partial charge in [0.05, 0.1) is 12.1 Å². The normalized spacial score (nSPS) is 10.8. The number of carboxylic acid groups (broad SMARTS) is 1. The lowest BCUT2D eigenvalue weighted by Crippen LogP contribution is -1.99. The average molecular weight is 245 g/mol. The minimum Gasteiger partial charge on any atom is -0.481 e. The van der Waals surface area contributed by atoms with Crippen molar-refractivity contribution in [1.29, 1.82) is 0 Å². The van der Waals surface area contributed by atoms with Crippen LogP contribution in [0.4, 0.5) is 0 Å². The summed E-state index contributed by atoms with van der Waals surface area (Å²) in [7, 11) is 0. The first-order chi connectivity index (χ1) is 8.56. The molecule has 0 spiro atoms. The van der Waals surface area contributed by atoms with Crippen molar-refractivity contribution in [2.45, 2.75) is 26.2 Å². The van der Waals surface area contributed by atoms with Gasteiger partial charge in [0.1, 0.15) is 6.26 Å². The molecule has 0 aliphatic carbocycles. The van der Waals surface area contributed by atoms with Crippen LogP contribution in [0, 0.1) is 0 Å². The first-order valence-electron chi connectivity index (χ1n) is 5.83. The largest absolute Gasteiger partial charge is 0.481 e. The van der Waals surface area contributed by atoms with Gasteiger partial charge in [0.15, 0.2) is 0 Å². The molecule has 0 amide bonds. The standard InChI is InChI=1S/C14H15NO3/c1-9(2)10-3-5-11(6-4-10)14-15-12(8-18-14)7-13(16)17/h3-6,8-9H,7H2,1-2H3,(H,16,17). The highest BCUT2D eigenvalue weighted by Gasteiger charge is 2.09. The van der Waals surface area contributed by atoms with E-state index in [2.05, 4.69) is 18.8 Å². The van der Waals surface area contributed by atoms with E-state index in [0.29, 0.717) is 17.5 Å². The molecule has 1 heterocycles. The van der Waals surface area contributed by atoms with Gasteiger partial charge in [-0.15, -0.1) is 0 Å². The van der Waals surface area contributed by atoms with Crippen LogP contribution in [-0.4, -0.2) is 16.1 Å². The Morgan fingerprint density at radius 1 is 1.33 bits per heavy atom. The lowest BCUT2D eigenvalue weighted by molar-refractivity contribution is -0.136. The summed E-state index contributed by atoms with van der Waals surface area (Å²) in [4.78, 5) is 14.7. The van der Waals surface area contributed by atoms with Gasteiger partial charge in [-0.3, -0.25) is 4.79 Å². The topological polar surface area (TPSA) is 63.3 Å². The van der Waals surface area contributed by atoms with Gasteiger partial charge in [0.2, 0.25) is 5.89 Å². The highest BCUT2D eigenvalue weighted by atomic mass is 16.4. The van der Waals surface area contributed by atoms with Crippen molar-refractivity contribution in [3.8, 4) is 11.5 Å². The first-order valence-corrected chi connectivity index (χ1v) is 5.83. The van der Waals surface area contributed by atoms with E-state index < -0.39 is 5.97 Å². The molecule has 1 N–H and O–H groups in total. The molecule has 0 aliphatic heterocycles. The number of oxazole rings is 1. The van der Waals surface area contributed by atoms with Gasteiger partial charge in [-0.1, -0.05) is 26.0 Å². The van der Waals surface area contributed by atoms with Gasteiger partial charge in [-0.25, -0.2) is 4.98 Å². The van der Waals surface area contributed by atoms with E-state index in [1.165, 1.54) is 11.8 Å². The van der Waals surface area contributed by atoms with Crippen molar-refractivity contribution >= 4 is 5.97 Å². The summed E-state index contributed by atoms with van der Waals surface area (Å²) in [5, 5.41) is 8.66. The van der Waals surface area contributed by atoms with Crippen molar-refractivity contribution in [3.05, 3.63) is 41.8 Å². The van der Waals surface area contributed by atoms with Gasteiger partial charge >= 0.3 is 5.97 Å². The van der Waals surface area contributed by atoms with Crippen molar-refractivity contribution in [2.75, 3.05) is 0 Å². The maximum atomic E-state index is 10.6. The molecule has 0 aliphatic rings. The van der Waals surface area contributed by atoms with Crippen LogP contribution >= 0.6 is 0 Å². The van der Waals surface area contributed by atoms with Crippen molar-refractivity contribution in [1.82, 2.24) is 4.98 Å². The summed E-state index contributed by atoms with van der Waals surface area (Å²) < 4.78 is 5.28. The third kappa shape index (κ3) is 2.77. The molecule has 0 radical (unpaired) electrons. The molecule has 0 bridgehead atoms. The molecule has 2 aromatic rings. The monoisotopic (exact) mass is 245 g/mol. The first kappa shape index (κ1) is 12.4. The van der Waals surface area contributed by atoms with E-state index in [4.69, 9.17) is 9.52 Å². The van der Waals surface area contributed by atoms with Crippen LogP contribution < -0.4 is 0 Å². The fraction of sp³-hybridized carbons (Fsp3) is 0.286. The van der Waals surface area contributed by atoms with Crippen LogP contribution in [0.15, 0.2) is 34.9 Å². The number of benzene rings is 1. The quantitative estimate of drug-likeness (QED) is 0.899. The maximum absolute atomic E-state index is 10.6. The summed E-state index contributed by atoms with van der Waals surface area (Å²) in [6.45, 7) is 4.26. The number of carbonyl (C=O) groups is 1. The molecule has 0 fully saturated rings. The van der Waals surface area contributed by atoms with E-state index in [0.717, 1.165) is 5.56 Å². The summed E-state index contributed by atoms with van der Waals surface area (Å²) in [5.74, 6) is 0.0257. The molecule has 4 heteroatoms. The second-order valence-corrected chi connectivity index (χ2v) is 4.49. The molecule has 1 aromatic carbocycles. The third-order valence-electron chi connectivity index (χ3n) is 2.71. The number of carboxylic acids is 1. The van der Waals surface area contributed by atoms with Crippen molar-refractivity contribution in [3.63, 3.8) is 0 Å². The van der Waals surface area contributed by atoms with Gasteiger partial charge in [-0.05, 0) is 23.6 Å². The fourth-order valence-electron chi connectivity index (χ4n) is 1.69. The Kier molecular flexibility index (Phi) is 3.46. The number of rotatable bonds is 4. The van der Waals surface area contributed by atoms with Crippen LogP contribution in [0.2, 0.25) is 0 Å². The van der Waals surface area contributed by atoms with Crippen molar-refractivity contribution in [2.24, 2.45) is 0 Å². The molecule has 4 nitrogen and oxygen atoms in total. The molecule has 94 valence electrons. The second kappa shape index (κ2) is 5.04. The van der Waals surface area contributed by atoms with E-state index in [-0.39, 0.29) is 6.42 Å². The van der Waals surface area contributed by atoms with Crippen LogP contribution in [0.3, 0.4) is 0 Å². The third-order valence-corrected chi connectivity index (χ3v) is 2.71. The smallest absolute Gasteiger partial charge is 0.309 e. The summed E-state index contributed by atoms with van der Waals surface area (Å²) in [6.07, 6.45) is 1.27. The van der Waals surface area contributed by atoms with Crippen LogP contribution in [0.5, 0.6) is 0 Å². The lowest BCUT2D eigenvalue weighted by Gasteiger charge is -2.04. The minimum atomic E-state index is -0.912. The van der Waals surface area contributed by atoms with Gasteiger partial charge in [-0.2, -0.15) is 0 Å². The van der Waals surface area contributed by atoms with Gasteiger partial charge in [0, 0.05) is 5.56 Å². The summed E-state index contributed by atoms with van der Waals surface area (Å²) in [6, 6.07) is 7.93. The van der Waals surface area contributed by atoms with Gasteiger partial charge in [0.25, 0.3) is 0 Å². The molecule has 0 saturated carbocycles. The number of hydrogen-bond donors (Lipinski definition) is 1. The Hall–Kier alpha value is -2.10. The zero-order valence-corrected chi connectivity index (χ0v) is 10.4. The van der Waals surface area contributed by atoms with Crippen LogP contribution in [-0.2, 0) is 11.2 Å². The van der Waals surface area contributed by atoms with E-state index in [9.17, 15) is 4.79 Å². The number of aromatic nitrogens is 1. The number of nitrogens with zero attached hydrogens (tertiary/aromatic N) is 1. The zero-order valence-electron chi connectivity index (χ0n) is 10.4. The summed E-state index contributed by atoms with van der Waals surface area (Å²) in [5.41, 5.74) is 2.54. The highest BCUT2D eigenvalue weighted by molar-refractivity contribution is 5.69. The Labute approximate surface area is 105 Å². The molecule has 0 atom stereocenters. The van der Waals surface area contributed by atoms with E-state index >= 15 is 0 Å². The van der Waals surface area contributed by atoms with E-state index in [1.54, 1.807) is 0 Å². The molecular formula is C14H15NO3. The maximum Gasteiger partial charge on any atom is 0.309 e. The van der Waals surface area contributed by atoms with Crippen LogP contribution in [0.1, 0.15) is 31.0 Å². The number of aliphatic carboxylic acids is 1. The predicted octanol–water partition coefficient (Wildman–Crippen LogP) is 3.09. The Balaban J connectivity index is 2.20. The van der Waals surface area contributed by atoms with E-state index in [1.807, 2.05) is 24.3 Å². The van der Waals surface area contributed by atoms with Gasteiger partial charge < -0.3 is 9.52 Å². The Morgan fingerprint density at radius 3 is 2.56 bits per heavy atom. The van der Waals surface area contributed by atoms with Crippen LogP contribution in [0.25, 0.3) is 11.5 Å². The SMILES string of the molecule is CC(C)c1ccc(-c2nc(CC(=O)O)co2)cc1. The zero-order chi connectivity index (χ0) is 13.1. The lowest BCUT2D eigenvalue weighted by atomic mass is 10.0. The molecular weight excluding hydrogens is 230 g/mol. The predicted molar refractivity (Wildman–Crippen MR) is 67.4 cm³/mol. The highest BCUT2D eigenvalue weighted by Crippen LogP contribution is 2.22. The molecule has 2 rings (SSSR count). The number of hydrogen-bond acceptors (Lipinski definition) is 3. The minimum absolute atomic E-state index is 0.117. The molecule has 0 unspecified atom stereocenters.